The van der Waals surface area contributed by atoms with Crippen LogP contribution in [0.2, 0.25) is 0 Å². The number of nitriles is 1. The SMILES string of the molecule is CCCC/C(CC(N)=O)=C(/Cc1ccc(-c2ccccc2C#N)cn1)C(=O)O. The summed E-state index contributed by atoms with van der Waals surface area (Å²) in [5.74, 6) is -1.60. The molecule has 1 aromatic heterocycles. The Balaban J connectivity index is 2.33. The number of aromatic nitrogens is 1. The lowest BCUT2D eigenvalue weighted by molar-refractivity contribution is -0.132. The number of amides is 1. The molecule has 2 rings (SSSR count). The van der Waals surface area contributed by atoms with Gasteiger partial charge in [0.05, 0.1) is 11.6 Å². The minimum absolute atomic E-state index is 0.0603. The van der Waals surface area contributed by atoms with Crippen LogP contribution in [0.25, 0.3) is 11.1 Å². The lowest BCUT2D eigenvalue weighted by Crippen LogP contribution is -2.16. The fraction of sp³-hybridized carbons (Fsp3) is 0.273. The molecule has 6 nitrogen and oxygen atoms in total. The smallest absolute Gasteiger partial charge is 0.331 e. The molecule has 0 saturated heterocycles. The van der Waals surface area contributed by atoms with E-state index in [1.165, 1.54) is 0 Å². The van der Waals surface area contributed by atoms with Gasteiger partial charge in [0.15, 0.2) is 0 Å². The predicted molar refractivity (Wildman–Crippen MR) is 106 cm³/mol. The number of nitrogens with zero attached hydrogens (tertiary/aromatic N) is 2. The van der Waals surface area contributed by atoms with Gasteiger partial charge in [-0.1, -0.05) is 43.2 Å². The predicted octanol–water partition coefficient (Wildman–Crippen LogP) is 3.61. The first-order valence-corrected chi connectivity index (χ1v) is 9.13. The van der Waals surface area contributed by atoms with Crippen LogP contribution in [0.3, 0.4) is 0 Å². The lowest BCUT2D eigenvalue weighted by Gasteiger charge is -2.12. The first-order chi connectivity index (χ1) is 13.5. The van der Waals surface area contributed by atoms with Crippen molar-refractivity contribution in [3.63, 3.8) is 0 Å². The quantitative estimate of drug-likeness (QED) is 0.647. The molecule has 0 aliphatic carbocycles. The van der Waals surface area contributed by atoms with Crippen LogP contribution in [0.15, 0.2) is 53.7 Å². The van der Waals surface area contributed by atoms with Crippen molar-refractivity contribution in [2.45, 2.75) is 39.0 Å². The van der Waals surface area contributed by atoms with Crippen molar-refractivity contribution >= 4 is 11.9 Å². The Bertz CT molecular complexity index is 925. The average molecular weight is 377 g/mol. The van der Waals surface area contributed by atoms with Crippen LogP contribution < -0.4 is 5.73 Å². The first-order valence-electron chi connectivity index (χ1n) is 9.13. The van der Waals surface area contributed by atoms with Crippen LogP contribution in [0.4, 0.5) is 0 Å². The zero-order valence-electron chi connectivity index (χ0n) is 15.8. The summed E-state index contributed by atoms with van der Waals surface area (Å²) < 4.78 is 0. The Morgan fingerprint density at radius 1 is 1.21 bits per heavy atom. The summed E-state index contributed by atoms with van der Waals surface area (Å²) in [6, 6.07) is 12.9. The number of carbonyl (C=O) groups is 2. The van der Waals surface area contributed by atoms with E-state index < -0.39 is 11.9 Å². The third kappa shape index (κ3) is 5.52. The van der Waals surface area contributed by atoms with Gasteiger partial charge in [0, 0.05) is 41.4 Å². The van der Waals surface area contributed by atoms with Crippen LogP contribution in [-0.4, -0.2) is 22.0 Å². The van der Waals surface area contributed by atoms with Gasteiger partial charge in [-0.3, -0.25) is 9.78 Å². The Morgan fingerprint density at radius 3 is 2.54 bits per heavy atom. The van der Waals surface area contributed by atoms with Crippen molar-refractivity contribution in [1.29, 1.82) is 5.26 Å². The summed E-state index contributed by atoms with van der Waals surface area (Å²) in [5, 5.41) is 18.9. The highest BCUT2D eigenvalue weighted by atomic mass is 16.4. The van der Waals surface area contributed by atoms with E-state index in [1.54, 1.807) is 24.4 Å². The molecule has 144 valence electrons. The Kier molecular flexibility index (Phi) is 7.46. The first kappa shape index (κ1) is 20.8. The number of carboxylic acid groups (broad SMARTS) is 1. The highest BCUT2D eigenvalue weighted by Crippen LogP contribution is 2.24. The maximum Gasteiger partial charge on any atom is 0.331 e. The molecule has 0 saturated carbocycles. The number of carboxylic acids is 1. The third-order valence-corrected chi connectivity index (χ3v) is 4.45. The van der Waals surface area contributed by atoms with E-state index in [1.807, 2.05) is 25.1 Å². The van der Waals surface area contributed by atoms with Gasteiger partial charge in [-0.15, -0.1) is 0 Å². The summed E-state index contributed by atoms with van der Waals surface area (Å²) in [5.41, 5.74) is 8.71. The highest BCUT2D eigenvalue weighted by Gasteiger charge is 2.17. The van der Waals surface area contributed by atoms with Crippen LogP contribution in [0.1, 0.15) is 43.9 Å². The summed E-state index contributed by atoms with van der Waals surface area (Å²) >= 11 is 0. The van der Waals surface area contributed by atoms with Gasteiger partial charge < -0.3 is 10.8 Å². The Hall–Kier alpha value is -3.46. The molecule has 0 bridgehead atoms. The van der Waals surface area contributed by atoms with Crippen LogP contribution in [-0.2, 0) is 16.0 Å². The number of unbranched alkanes of at least 4 members (excludes halogenated alkanes) is 1. The minimum Gasteiger partial charge on any atom is -0.478 e. The molecule has 0 aliphatic heterocycles. The Morgan fingerprint density at radius 2 is 1.96 bits per heavy atom. The molecule has 1 amide bonds. The van der Waals surface area contributed by atoms with Crippen LogP contribution >= 0.6 is 0 Å². The van der Waals surface area contributed by atoms with E-state index in [0.717, 1.165) is 24.0 Å². The van der Waals surface area contributed by atoms with Gasteiger partial charge in [-0.25, -0.2) is 4.79 Å². The second-order valence-electron chi connectivity index (χ2n) is 6.51. The summed E-state index contributed by atoms with van der Waals surface area (Å²) in [6.45, 7) is 2.00. The van der Waals surface area contributed by atoms with Gasteiger partial charge in [0.25, 0.3) is 0 Å². The highest BCUT2D eigenvalue weighted by molar-refractivity contribution is 5.90. The number of rotatable bonds is 9. The van der Waals surface area contributed by atoms with E-state index in [9.17, 15) is 20.0 Å². The van der Waals surface area contributed by atoms with Gasteiger partial charge in [0.2, 0.25) is 5.91 Å². The molecule has 1 heterocycles. The maximum absolute atomic E-state index is 11.8. The number of carbonyl (C=O) groups excluding carboxylic acids is 1. The van der Waals surface area contributed by atoms with Crippen LogP contribution in [0, 0.1) is 11.3 Å². The molecular formula is C22H23N3O3. The summed E-state index contributed by atoms with van der Waals surface area (Å²) in [4.78, 5) is 27.5. The second kappa shape index (κ2) is 10.0. The van der Waals surface area contributed by atoms with Crippen molar-refractivity contribution in [1.82, 2.24) is 4.98 Å². The molecule has 0 spiro atoms. The van der Waals surface area contributed by atoms with Gasteiger partial charge in [-0.2, -0.15) is 5.26 Å². The number of nitrogens with two attached hydrogens (primary N) is 1. The number of benzene rings is 1. The van der Waals surface area contributed by atoms with Gasteiger partial charge in [-0.05, 0) is 25.0 Å². The molecule has 2 aromatic rings. The largest absolute Gasteiger partial charge is 0.478 e. The van der Waals surface area contributed by atoms with E-state index in [2.05, 4.69) is 11.1 Å². The standard InChI is InChI=1S/C22H23N3O3/c1-2-3-6-15(11-21(24)26)20(22(27)28)12-18-10-9-17(14-25-18)19-8-5-4-7-16(19)13-23/h4-5,7-10,14H,2-3,6,11-12H2,1H3,(H2,24,26)(H,27,28)/b20-15+. The molecular weight excluding hydrogens is 354 g/mol. The third-order valence-electron chi connectivity index (χ3n) is 4.45. The fourth-order valence-electron chi connectivity index (χ4n) is 3.00. The maximum atomic E-state index is 11.8. The lowest BCUT2D eigenvalue weighted by atomic mass is 9.95. The summed E-state index contributed by atoms with van der Waals surface area (Å²) in [7, 11) is 0. The van der Waals surface area contributed by atoms with Crippen molar-refractivity contribution in [2.75, 3.05) is 0 Å². The molecule has 0 aliphatic rings. The molecule has 28 heavy (non-hydrogen) atoms. The van der Waals surface area contributed by atoms with Crippen LogP contribution in [0.5, 0.6) is 0 Å². The molecule has 0 unspecified atom stereocenters. The Labute approximate surface area is 164 Å². The molecule has 0 radical (unpaired) electrons. The van der Waals surface area contributed by atoms with Crippen molar-refractivity contribution in [3.8, 4) is 17.2 Å². The van der Waals surface area contributed by atoms with E-state index in [0.29, 0.717) is 23.3 Å². The molecule has 1 aromatic carbocycles. The minimum atomic E-state index is -1.06. The van der Waals surface area contributed by atoms with E-state index in [4.69, 9.17) is 5.73 Å². The number of primary amides is 1. The zero-order valence-corrected chi connectivity index (χ0v) is 15.8. The normalized spacial score (nSPS) is 11.4. The van der Waals surface area contributed by atoms with E-state index >= 15 is 0 Å². The second-order valence-corrected chi connectivity index (χ2v) is 6.51. The number of pyridine rings is 1. The average Bonchev–Trinajstić information content (AvgIpc) is 2.69. The number of hydrogen-bond donors (Lipinski definition) is 2. The van der Waals surface area contributed by atoms with Crippen molar-refractivity contribution in [3.05, 3.63) is 65.0 Å². The number of aliphatic carboxylic acids is 1. The number of hydrogen-bond acceptors (Lipinski definition) is 4. The molecule has 0 atom stereocenters. The topological polar surface area (TPSA) is 117 Å². The molecule has 0 fully saturated rings. The van der Waals surface area contributed by atoms with E-state index in [-0.39, 0.29) is 18.4 Å². The monoisotopic (exact) mass is 377 g/mol. The molecule has 6 heteroatoms. The van der Waals surface area contributed by atoms with Gasteiger partial charge >= 0.3 is 5.97 Å². The van der Waals surface area contributed by atoms with Gasteiger partial charge in [0.1, 0.15) is 0 Å². The van der Waals surface area contributed by atoms with Crippen molar-refractivity contribution < 1.29 is 14.7 Å². The van der Waals surface area contributed by atoms with Crippen molar-refractivity contribution in [2.24, 2.45) is 5.73 Å². The fourth-order valence-corrected chi connectivity index (χ4v) is 3.00. The zero-order chi connectivity index (χ0) is 20.5. The molecule has 3 N–H and O–H groups in total. The summed E-state index contributed by atoms with van der Waals surface area (Å²) in [6.07, 6.45) is 3.88.